The standard InChI is InChI=1S/C19H19N3O3/c1-12(23)22-11-14(16-4-2-3-5-17(16)22)10-18(24)21-15-8-6-13(7-9-15)19(20)25/h2-9,14H,10-11H2,1H3,(H2,20,25)(H,21,24). The first-order chi connectivity index (χ1) is 12.0. The minimum absolute atomic E-state index is 0.0302. The maximum absolute atomic E-state index is 12.4. The van der Waals surface area contributed by atoms with Crippen LogP contribution >= 0.6 is 0 Å². The molecule has 0 radical (unpaired) electrons. The summed E-state index contributed by atoms with van der Waals surface area (Å²) in [5.41, 5.74) is 8.07. The Morgan fingerprint density at radius 3 is 2.44 bits per heavy atom. The van der Waals surface area contributed by atoms with Gasteiger partial charge < -0.3 is 16.0 Å². The monoisotopic (exact) mass is 337 g/mol. The highest BCUT2D eigenvalue weighted by Crippen LogP contribution is 2.38. The van der Waals surface area contributed by atoms with Crippen molar-refractivity contribution < 1.29 is 14.4 Å². The van der Waals surface area contributed by atoms with E-state index in [0.29, 0.717) is 17.8 Å². The number of primary amides is 1. The molecular formula is C19H19N3O3. The predicted octanol–water partition coefficient (Wildman–Crippen LogP) is 2.26. The van der Waals surface area contributed by atoms with Gasteiger partial charge in [0, 0.05) is 42.7 Å². The van der Waals surface area contributed by atoms with Crippen LogP contribution in [0.1, 0.15) is 35.2 Å². The number of nitrogens with zero attached hydrogens (tertiary/aromatic N) is 1. The molecule has 0 aromatic heterocycles. The molecule has 2 aromatic carbocycles. The van der Waals surface area contributed by atoms with E-state index in [4.69, 9.17) is 5.73 Å². The number of carbonyl (C=O) groups is 3. The van der Waals surface area contributed by atoms with Gasteiger partial charge >= 0.3 is 0 Å². The lowest BCUT2D eigenvalue weighted by molar-refractivity contribution is -0.118. The van der Waals surface area contributed by atoms with Gasteiger partial charge in [-0.05, 0) is 35.9 Å². The number of nitrogens with one attached hydrogen (secondary N) is 1. The van der Waals surface area contributed by atoms with Crippen molar-refractivity contribution in [1.82, 2.24) is 0 Å². The maximum atomic E-state index is 12.4. The molecule has 1 unspecified atom stereocenters. The summed E-state index contributed by atoms with van der Waals surface area (Å²) in [5, 5.41) is 2.82. The van der Waals surface area contributed by atoms with E-state index in [2.05, 4.69) is 5.32 Å². The van der Waals surface area contributed by atoms with E-state index >= 15 is 0 Å². The molecule has 25 heavy (non-hydrogen) atoms. The van der Waals surface area contributed by atoms with Gasteiger partial charge in [0.1, 0.15) is 0 Å². The van der Waals surface area contributed by atoms with Gasteiger partial charge in [-0.15, -0.1) is 0 Å². The van der Waals surface area contributed by atoms with E-state index in [0.717, 1.165) is 11.3 Å². The average molecular weight is 337 g/mol. The molecule has 0 saturated heterocycles. The highest BCUT2D eigenvalue weighted by atomic mass is 16.2. The number of hydrogen-bond acceptors (Lipinski definition) is 3. The van der Waals surface area contributed by atoms with Crippen molar-refractivity contribution in [3.63, 3.8) is 0 Å². The van der Waals surface area contributed by atoms with E-state index < -0.39 is 5.91 Å². The molecule has 0 aliphatic carbocycles. The Hall–Kier alpha value is -3.15. The second kappa shape index (κ2) is 6.76. The fourth-order valence-electron chi connectivity index (χ4n) is 3.12. The molecule has 128 valence electrons. The van der Waals surface area contributed by atoms with Crippen molar-refractivity contribution in [3.8, 4) is 0 Å². The van der Waals surface area contributed by atoms with E-state index in [-0.39, 0.29) is 24.2 Å². The molecule has 1 aliphatic rings. The van der Waals surface area contributed by atoms with Crippen LogP contribution in [0.3, 0.4) is 0 Å². The van der Waals surface area contributed by atoms with Gasteiger partial charge in [-0.1, -0.05) is 18.2 Å². The molecule has 2 aromatic rings. The van der Waals surface area contributed by atoms with Gasteiger partial charge in [-0.3, -0.25) is 14.4 Å². The largest absolute Gasteiger partial charge is 0.366 e. The summed E-state index contributed by atoms with van der Waals surface area (Å²) < 4.78 is 0. The Morgan fingerprint density at radius 2 is 1.80 bits per heavy atom. The third-order valence-electron chi connectivity index (χ3n) is 4.34. The molecule has 3 amide bonds. The summed E-state index contributed by atoms with van der Waals surface area (Å²) in [6.45, 7) is 2.03. The minimum Gasteiger partial charge on any atom is -0.366 e. The topological polar surface area (TPSA) is 92.5 Å². The smallest absolute Gasteiger partial charge is 0.248 e. The Labute approximate surface area is 145 Å². The summed E-state index contributed by atoms with van der Waals surface area (Å²) in [6.07, 6.45) is 0.276. The number of nitrogens with two attached hydrogens (primary N) is 1. The number of amides is 3. The van der Waals surface area contributed by atoms with Gasteiger partial charge in [0.05, 0.1) is 0 Å². The van der Waals surface area contributed by atoms with E-state index in [1.807, 2.05) is 24.3 Å². The van der Waals surface area contributed by atoms with E-state index in [1.165, 1.54) is 6.92 Å². The molecule has 3 rings (SSSR count). The SMILES string of the molecule is CC(=O)N1CC(CC(=O)Nc2ccc(C(N)=O)cc2)c2ccccc21. The molecule has 0 fully saturated rings. The van der Waals surface area contributed by atoms with Crippen molar-refractivity contribution in [1.29, 1.82) is 0 Å². The normalized spacial score (nSPS) is 15.6. The Bertz CT molecular complexity index is 830. The van der Waals surface area contributed by atoms with Gasteiger partial charge in [-0.2, -0.15) is 0 Å². The molecular weight excluding hydrogens is 318 g/mol. The Balaban J connectivity index is 1.69. The Kier molecular flexibility index (Phi) is 4.52. The fourth-order valence-corrected chi connectivity index (χ4v) is 3.12. The summed E-state index contributed by atoms with van der Waals surface area (Å²) >= 11 is 0. The third kappa shape index (κ3) is 3.52. The van der Waals surface area contributed by atoms with Crippen molar-refractivity contribution in [2.45, 2.75) is 19.3 Å². The molecule has 3 N–H and O–H groups in total. The zero-order valence-corrected chi connectivity index (χ0v) is 13.9. The summed E-state index contributed by atoms with van der Waals surface area (Å²) in [5.74, 6) is -0.718. The predicted molar refractivity (Wildman–Crippen MR) is 95.4 cm³/mol. The van der Waals surface area contributed by atoms with E-state index in [9.17, 15) is 14.4 Å². The Morgan fingerprint density at radius 1 is 1.12 bits per heavy atom. The first kappa shape index (κ1) is 16.7. The number of hydrogen-bond donors (Lipinski definition) is 2. The van der Waals surface area contributed by atoms with Crippen LogP contribution < -0.4 is 16.0 Å². The number of carbonyl (C=O) groups excluding carboxylic acids is 3. The van der Waals surface area contributed by atoms with Crippen LogP contribution in [-0.2, 0) is 9.59 Å². The van der Waals surface area contributed by atoms with Crippen LogP contribution in [0.4, 0.5) is 11.4 Å². The molecule has 0 saturated carbocycles. The fraction of sp³-hybridized carbons (Fsp3) is 0.211. The molecule has 0 spiro atoms. The summed E-state index contributed by atoms with van der Waals surface area (Å²) in [4.78, 5) is 36.9. The summed E-state index contributed by atoms with van der Waals surface area (Å²) in [7, 11) is 0. The van der Waals surface area contributed by atoms with Gasteiger partial charge in [-0.25, -0.2) is 0 Å². The molecule has 0 bridgehead atoms. The second-order valence-corrected chi connectivity index (χ2v) is 6.08. The zero-order valence-electron chi connectivity index (χ0n) is 13.9. The van der Waals surface area contributed by atoms with Crippen molar-refractivity contribution in [2.24, 2.45) is 5.73 Å². The molecule has 6 heteroatoms. The van der Waals surface area contributed by atoms with Gasteiger partial charge in [0.25, 0.3) is 0 Å². The highest BCUT2D eigenvalue weighted by Gasteiger charge is 2.31. The molecule has 6 nitrogen and oxygen atoms in total. The van der Waals surface area contributed by atoms with Crippen LogP contribution in [0.25, 0.3) is 0 Å². The number of fused-ring (bicyclic) bond motifs is 1. The molecule has 1 atom stereocenters. The van der Waals surface area contributed by atoms with E-state index in [1.54, 1.807) is 29.2 Å². The lowest BCUT2D eigenvalue weighted by Gasteiger charge is -2.15. The zero-order chi connectivity index (χ0) is 18.0. The first-order valence-electron chi connectivity index (χ1n) is 8.02. The van der Waals surface area contributed by atoms with Crippen LogP contribution in [-0.4, -0.2) is 24.3 Å². The van der Waals surface area contributed by atoms with Crippen LogP contribution in [0.2, 0.25) is 0 Å². The maximum Gasteiger partial charge on any atom is 0.248 e. The second-order valence-electron chi connectivity index (χ2n) is 6.08. The lowest BCUT2D eigenvalue weighted by atomic mass is 9.97. The quantitative estimate of drug-likeness (QED) is 0.896. The highest BCUT2D eigenvalue weighted by molar-refractivity contribution is 5.97. The summed E-state index contributed by atoms with van der Waals surface area (Å²) in [6, 6.07) is 14.1. The first-order valence-corrected chi connectivity index (χ1v) is 8.02. The van der Waals surface area contributed by atoms with Crippen LogP contribution in [0.5, 0.6) is 0 Å². The van der Waals surface area contributed by atoms with Crippen molar-refractivity contribution >= 4 is 29.1 Å². The van der Waals surface area contributed by atoms with Gasteiger partial charge in [0.15, 0.2) is 0 Å². The number of anilines is 2. The molecule has 1 aliphatic heterocycles. The van der Waals surface area contributed by atoms with Crippen LogP contribution in [0, 0.1) is 0 Å². The number of rotatable bonds is 4. The lowest BCUT2D eigenvalue weighted by Crippen LogP contribution is -2.28. The van der Waals surface area contributed by atoms with Gasteiger partial charge in [0.2, 0.25) is 17.7 Å². The average Bonchev–Trinajstić information content (AvgIpc) is 2.94. The number of para-hydroxylation sites is 1. The molecule has 1 heterocycles. The third-order valence-corrected chi connectivity index (χ3v) is 4.34. The minimum atomic E-state index is -0.509. The van der Waals surface area contributed by atoms with Crippen molar-refractivity contribution in [3.05, 3.63) is 59.7 Å². The number of benzene rings is 2. The van der Waals surface area contributed by atoms with Crippen LogP contribution in [0.15, 0.2) is 48.5 Å². The van der Waals surface area contributed by atoms with Crippen molar-refractivity contribution in [2.75, 3.05) is 16.8 Å².